The molecule has 0 atom stereocenters. The highest BCUT2D eigenvalue weighted by Crippen LogP contribution is 2.20. The maximum atomic E-state index is 13.7. The molecule has 2 heterocycles. The van der Waals surface area contributed by atoms with Crippen LogP contribution in [0.4, 0.5) is 9.52 Å². The maximum absolute atomic E-state index is 13.7. The minimum absolute atomic E-state index is 0.000478. The van der Waals surface area contributed by atoms with Crippen molar-refractivity contribution < 1.29 is 18.4 Å². The van der Waals surface area contributed by atoms with Gasteiger partial charge in [-0.25, -0.2) is 9.37 Å². The van der Waals surface area contributed by atoms with Crippen molar-refractivity contribution in [3.8, 4) is 0 Å². The van der Waals surface area contributed by atoms with Crippen molar-refractivity contribution in [3.63, 3.8) is 0 Å². The van der Waals surface area contributed by atoms with Crippen LogP contribution in [0.15, 0.2) is 39.4 Å². The van der Waals surface area contributed by atoms with Gasteiger partial charge in [0.05, 0.1) is 22.9 Å². The Hall–Kier alpha value is -2.50. The molecule has 0 saturated heterocycles. The number of carbonyl (C=O) groups excluding carboxylic acids is 2. The lowest BCUT2D eigenvalue weighted by atomic mass is 10.2. The fraction of sp³-hybridized carbons (Fsp3) is 0.133. The van der Waals surface area contributed by atoms with Crippen LogP contribution in [0.1, 0.15) is 16.2 Å². The van der Waals surface area contributed by atoms with Gasteiger partial charge in [-0.15, -0.1) is 21.5 Å². The number of halogens is 2. The van der Waals surface area contributed by atoms with Crippen LogP contribution in [0, 0.1) is 5.82 Å². The first kappa shape index (κ1) is 19.3. The molecule has 0 saturated carbocycles. The molecule has 0 aliphatic heterocycles. The zero-order valence-electron chi connectivity index (χ0n) is 13.4. The van der Waals surface area contributed by atoms with Gasteiger partial charge in [0.2, 0.25) is 11.8 Å². The third-order valence-electron chi connectivity index (χ3n) is 3.04. The van der Waals surface area contributed by atoms with Gasteiger partial charge in [-0.1, -0.05) is 29.4 Å². The van der Waals surface area contributed by atoms with Crippen LogP contribution in [0.5, 0.6) is 0 Å². The van der Waals surface area contributed by atoms with Crippen molar-refractivity contribution in [3.05, 3.63) is 52.1 Å². The highest BCUT2D eigenvalue weighted by molar-refractivity contribution is 7.99. The molecule has 0 radical (unpaired) electrons. The number of amides is 2. The third-order valence-corrected chi connectivity index (χ3v) is 4.87. The molecule has 0 unspecified atom stereocenters. The fourth-order valence-electron chi connectivity index (χ4n) is 1.89. The van der Waals surface area contributed by atoms with E-state index in [0.717, 1.165) is 17.8 Å². The molecule has 2 N–H and O–H groups in total. The van der Waals surface area contributed by atoms with Gasteiger partial charge in [0.25, 0.3) is 11.1 Å². The lowest BCUT2D eigenvalue weighted by Crippen LogP contribution is -2.24. The topological polar surface area (TPSA) is 110 Å². The molecule has 0 aliphatic carbocycles. The second-order valence-electron chi connectivity index (χ2n) is 4.92. The molecule has 0 bridgehead atoms. The first-order valence-corrected chi connectivity index (χ1v) is 9.64. The quantitative estimate of drug-likeness (QED) is 0.557. The summed E-state index contributed by atoms with van der Waals surface area (Å²) >= 11 is 8.18. The second-order valence-corrected chi connectivity index (χ2v) is 7.14. The Balaban J connectivity index is 1.49. The van der Waals surface area contributed by atoms with Crippen LogP contribution in [0.2, 0.25) is 5.02 Å². The average Bonchev–Trinajstić information content (AvgIpc) is 3.30. The molecule has 0 spiro atoms. The van der Waals surface area contributed by atoms with Gasteiger partial charge in [0, 0.05) is 11.6 Å². The summed E-state index contributed by atoms with van der Waals surface area (Å²) in [5.41, 5.74) is -0.257. The molecular weight excluding hydrogens is 417 g/mol. The highest BCUT2D eigenvalue weighted by Gasteiger charge is 2.17. The van der Waals surface area contributed by atoms with Gasteiger partial charge in [0.15, 0.2) is 5.13 Å². The number of rotatable bonds is 7. The number of nitrogens with one attached hydrogen (secondary N) is 2. The number of anilines is 1. The first-order chi connectivity index (χ1) is 13.0. The fourth-order valence-corrected chi connectivity index (χ4v) is 3.27. The van der Waals surface area contributed by atoms with Crippen LogP contribution in [0.25, 0.3) is 0 Å². The standard InChI is InChI=1S/C15H11ClFN5O3S2/c16-8-2-1-3-9(17)12(8)13(24)19-6-11-21-22-15(25-11)27-7-10(23)20-14-18-4-5-26-14/h1-5H,6-7H2,(H,19,24)(H,18,20,23). The number of thioether (sulfide) groups is 1. The lowest BCUT2D eigenvalue weighted by molar-refractivity contribution is -0.113. The number of carbonyl (C=O) groups is 2. The Bertz CT molecular complexity index is 931. The molecule has 0 fully saturated rings. The van der Waals surface area contributed by atoms with E-state index in [4.69, 9.17) is 16.0 Å². The predicted octanol–water partition coefficient (Wildman–Crippen LogP) is 2.98. The van der Waals surface area contributed by atoms with Crippen molar-refractivity contribution in [2.75, 3.05) is 11.1 Å². The molecule has 2 amide bonds. The van der Waals surface area contributed by atoms with Crippen molar-refractivity contribution in [1.29, 1.82) is 0 Å². The zero-order chi connectivity index (χ0) is 19.2. The number of benzene rings is 1. The van der Waals surface area contributed by atoms with E-state index in [0.29, 0.717) is 5.13 Å². The summed E-state index contributed by atoms with van der Waals surface area (Å²) in [7, 11) is 0. The summed E-state index contributed by atoms with van der Waals surface area (Å²) in [6.45, 7) is -0.109. The van der Waals surface area contributed by atoms with E-state index < -0.39 is 11.7 Å². The molecule has 0 aliphatic rings. The minimum atomic E-state index is -0.729. The van der Waals surface area contributed by atoms with E-state index in [2.05, 4.69) is 25.8 Å². The smallest absolute Gasteiger partial charge is 0.277 e. The maximum Gasteiger partial charge on any atom is 0.277 e. The van der Waals surface area contributed by atoms with Crippen molar-refractivity contribution in [1.82, 2.24) is 20.5 Å². The number of hydrogen-bond acceptors (Lipinski definition) is 8. The monoisotopic (exact) mass is 427 g/mol. The predicted molar refractivity (Wildman–Crippen MR) is 98.3 cm³/mol. The molecule has 27 heavy (non-hydrogen) atoms. The van der Waals surface area contributed by atoms with Gasteiger partial charge in [-0.05, 0) is 12.1 Å². The Morgan fingerprint density at radius 3 is 2.93 bits per heavy atom. The number of aromatic nitrogens is 3. The van der Waals surface area contributed by atoms with E-state index in [1.54, 1.807) is 11.6 Å². The molecule has 2 aromatic heterocycles. The van der Waals surface area contributed by atoms with E-state index in [9.17, 15) is 14.0 Å². The number of thiazole rings is 1. The van der Waals surface area contributed by atoms with Crippen molar-refractivity contribution >= 4 is 51.6 Å². The van der Waals surface area contributed by atoms with Gasteiger partial charge < -0.3 is 15.1 Å². The largest absolute Gasteiger partial charge is 0.414 e. The van der Waals surface area contributed by atoms with E-state index >= 15 is 0 Å². The summed E-state index contributed by atoms with van der Waals surface area (Å²) in [5, 5.41) is 15.0. The SMILES string of the molecule is O=C(CSc1nnc(CNC(=O)c2c(F)cccc2Cl)o1)Nc1nccs1. The summed E-state index contributed by atoms with van der Waals surface area (Å²) in [4.78, 5) is 27.8. The third kappa shape index (κ3) is 5.25. The van der Waals surface area contributed by atoms with E-state index in [-0.39, 0.29) is 39.9 Å². The highest BCUT2D eigenvalue weighted by atomic mass is 35.5. The molecule has 8 nitrogen and oxygen atoms in total. The Morgan fingerprint density at radius 1 is 1.33 bits per heavy atom. The van der Waals surface area contributed by atoms with Crippen LogP contribution in [-0.4, -0.2) is 32.7 Å². The summed E-state index contributed by atoms with van der Waals surface area (Å²) in [6, 6.07) is 3.96. The van der Waals surface area contributed by atoms with Crippen molar-refractivity contribution in [2.24, 2.45) is 0 Å². The second kappa shape index (κ2) is 8.93. The Labute approximate surface area is 165 Å². The molecule has 140 valence electrons. The van der Waals surface area contributed by atoms with E-state index in [1.807, 2.05) is 0 Å². The Morgan fingerprint density at radius 2 is 2.19 bits per heavy atom. The number of hydrogen-bond donors (Lipinski definition) is 2. The lowest BCUT2D eigenvalue weighted by Gasteiger charge is -2.05. The van der Waals surface area contributed by atoms with Crippen LogP contribution < -0.4 is 10.6 Å². The van der Waals surface area contributed by atoms with Crippen LogP contribution >= 0.6 is 34.7 Å². The van der Waals surface area contributed by atoms with Gasteiger partial charge >= 0.3 is 0 Å². The van der Waals surface area contributed by atoms with Gasteiger partial charge in [-0.3, -0.25) is 9.59 Å². The summed E-state index contributed by atoms with van der Waals surface area (Å²) < 4.78 is 19.0. The van der Waals surface area contributed by atoms with Crippen LogP contribution in [-0.2, 0) is 11.3 Å². The number of nitrogens with zero attached hydrogens (tertiary/aromatic N) is 3. The molecule has 1 aromatic carbocycles. The van der Waals surface area contributed by atoms with Crippen LogP contribution in [0.3, 0.4) is 0 Å². The minimum Gasteiger partial charge on any atom is -0.414 e. The Kier molecular flexibility index (Phi) is 6.37. The molecular formula is C15H11ClFN5O3S2. The first-order valence-electron chi connectivity index (χ1n) is 7.39. The normalized spacial score (nSPS) is 10.6. The van der Waals surface area contributed by atoms with Crippen molar-refractivity contribution in [2.45, 2.75) is 11.8 Å². The average molecular weight is 428 g/mol. The summed E-state index contributed by atoms with van der Waals surface area (Å²) in [5.74, 6) is -1.53. The molecule has 3 aromatic rings. The zero-order valence-corrected chi connectivity index (χ0v) is 15.8. The van der Waals surface area contributed by atoms with E-state index in [1.165, 1.54) is 23.5 Å². The van der Waals surface area contributed by atoms with Gasteiger partial charge in [0.1, 0.15) is 5.82 Å². The van der Waals surface area contributed by atoms with Gasteiger partial charge in [-0.2, -0.15) is 0 Å². The summed E-state index contributed by atoms with van der Waals surface area (Å²) in [6.07, 6.45) is 1.58. The molecule has 12 heteroatoms. The molecule has 3 rings (SSSR count).